The number of carbonyl (C=O) groups is 2. The Labute approximate surface area is 193 Å². The maximum atomic E-state index is 13.2. The van der Waals surface area contributed by atoms with E-state index < -0.39 is 17.7 Å². The molecule has 1 N–H and O–H groups in total. The Balaban J connectivity index is 1.78. The molecule has 0 aliphatic carbocycles. The van der Waals surface area contributed by atoms with Crippen LogP contribution >= 0.6 is 0 Å². The van der Waals surface area contributed by atoms with Crippen molar-refractivity contribution in [1.29, 1.82) is 0 Å². The van der Waals surface area contributed by atoms with E-state index in [0.717, 1.165) is 18.7 Å². The summed E-state index contributed by atoms with van der Waals surface area (Å²) in [6.45, 7) is 6.87. The molecular weight excluding hydrogens is 424 g/mol. The van der Waals surface area contributed by atoms with Gasteiger partial charge in [-0.15, -0.1) is 0 Å². The summed E-state index contributed by atoms with van der Waals surface area (Å²) in [6.07, 6.45) is 0. The number of likely N-dealkylation sites (N-methyl/N-ethyl adjacent to an activating group) is 1. The highest BCUT2D eigenvalue weighted by atomic mass is 16.7. The van der Waals surface area contributed by atoms with Crippen molar-refractivity contribution in [3.8, 4) is 17.2 Å². The van der Waals surface area contributed by atoms with Gasteiger partial charge in [-0.1, -0.05) is 26.0 Å². The van der Waals surface area contributed by atoms with Crippen LogP contribution in [0.1, 0.15) is 31.0 Å². The second kappa shape index (κ2) is 9.54. The highest BCUT2D eigenvalue weighted by molar-refractivity contribution is 6.46. The number of nitrogens with zero attached hydrogens (tertiary/aromatic N) is 2. The summed E-state index contributed by atoms with van der Waals surface area (Å²) >= 11 is 0. The zero-order valence-electron chi connectivity index (χ0n) is 19.0. The molecule has 0 aromatic heterocycles. The van der Waals surface area contributed by atoms with Crippen molar-refractivity contribution in [3.63, 3.8) is 0 Å². The molecule has 1 unspecified atom stereocenters. The summed E-state index contributed by atoms with van der Waals surface area (Å²) in [5.74, 6) is 0.150. The van der Waals surface area contributed by atoms with Gasteiger partial charge in [-0.05, 0) is 49.0 Å². The van der Waals surface area contributed by atoms with Crippen molar-refractivity contribution in [2.75, 3.05) is 40.1 Å². The lowest BCUT2D eigenvalue weighted by Gasteiger charge is -2.28. The zero-order valence-corrected chi connectivity index (χ0v) is 19.0. The first-order valence-corrected chi connectivity index (χ1v) is 11.0. The minimum absolute atomic E-state index is 0.0589. The highest BCUT2D eigenvalue weighted by Crippen LogP contribution is 2.41. The number of aliphatic hydroxyl groups is 1. The molecule has 8 heteroatoms. The van der Waals surface area contributed by atoms with Gasteiger partial charge in [-0.2, -0.15) is 0 Å². The van der Waals surface area contributed by atoms with E-state index in [1.54, 1.807) is 42.3 Å². The van der Waals surface area contributed by atoms with E-state index in [2.05, 4.69) is 18.7 Å². The van der Waals surface area contributed by atoms with Crippen LogP contribution in [0.3, 0.4) is 0 Å². The lowest BCUT2D eigenvalue weighted by molar-refractivity contribution is -0.140. The first kappa shape index (κ1) is 22.7. The van der Waals surface area contributed by atoms with Crippen LogP contribution in [-0.4, -0.2) is 66.7 Å². The molecular formula is C25H28N2O6. The predicted octanol–water partition coefficient (Wildman–Crippen LogP) is 3.19. The number of ketones is 1. The van der Waals surface area contributed by atoms with E-state index in [-0.39, 0.29) is 18.1 Å². The molecule has 174 valence electrons. The molecule has 33 heavy (non-hydrogen) atoms. The van der Waals surface area contributed by atoms with Gasteiger partial charge >= 0.3 is 0 Å². The van der Waals surface area contributed by atoms with Crippen molar-refractivity contribution in [3.05, 3.63) is 59.2 Å². The predicted molar refractivity (Wildman–Crippen MR) is 122 cm³/mol. The van der Waals surface area contributed by atoms with Crippen molar-refractivity contribution in [1.82, 2.24) is 9.80 Å². The van der Waals surface area contributed by atoms with Crippen LogP contribution in [0.4, 0.5) is 0 Å². The molecule has 2 aromatic rings. The van der Waals surface area contributed by atoms with Gasteiger partial charge in [-0.25, -0.2) is 0 Å². The number of fused-ring (bicyclic) bond motifs is 1. The summed E-state index contributed by atoms with van der Waals surface area (Å²) in [4.78, 5) is 30.0. The molecule has 1 saturated heterocycles. The Kier molecular flexibility index (Phi) is 6.55. The van der Waals surface area contributed by atoms with E-state index in [4.69, 9.17) is 14.2 Å². The number of likely N-dealkylation sites (tertiary alicyclic amines) is 1. The Morgan fingerprint density at radius 1 is 1.09 bits per heavy atom. The van der Waals surface area contributed by atoms with E-state index in [1.165, 1.54) is 0 Å². The monoisotopic (exact) mass is 452 g/mol. The largest absolute Gasteiger partial charge is 0.507 e. The van der Waals surface area contributed by atoms with Gasteiger partial charge in [0.15, 0.2) is 11.5 Å². The third kappa shape index (κ3) is 4.26. The Hall–Kier alpha value is -3.52. The number of aliphatic hydroxyl groups excluding tert-OH is 1. The number of carbonyl (C=O) groups excluding carboxylic acids is 2. The van der Waals surface area contributed by atoms with Crippen LogP contribution in [0.2, 0.25) is 0 Å². The Morgan fingerprint density at radius 2 is 1.79 bits per heavy atom. The summed E-state index contributed by atoms with van der Waals surface area (Å²) in [5, 5.41) is 11.2. The zero-order chi connectivity index (χ0) is 23.5. The molecule has 8 nitrogen and oxygen atoms in total. The van der Waals surface area contributed by atoms with Crippen LogP contribution < -0.4 is 14.2 Å². The SMILES string of the molecule is CCN(CC)CCN1C(=O)C(=O)/C(=C(/O)c2ccc3c(c2)OCO3)C1c1ccc(OC)cc1. The third-order valence-electron chi connectivity index (χ3n) is 6.17. The molecule has 2 aliphatic rings. The Morgan fingerprint density at radius 3 is 2.45 bits per heavy atom. The van der Waals surface area contributed by atoms with Crippen LogP contribution in [-0.2, 0) is 9.59 Å². The average molecular weight is 453 g/mol. The number of rotatable bonds is 8. The topological polar surface area (TPSA) is 88.5 Å². The summed E-state index contributed by atoms with van der Waals surface area (Å²) < 4.78 is 16.0. The van der Waals surface area contributed by atoms with Crippen LogP contribution in [0.5, 0.6) is 17.2 Å². The summed E-state index contributed by atoms with van der Waals surface area (Å²) in [6, 6.07) is 11.4. The van der Waals surface area contributed by atoms with Crippen molar-refractivity contribution in [2.24, 2.45) is 0 Å². The van der Waals surface area contributed by atoms with Crippen molar-refractivity contribution < 1.29 is 28.9 Å². The fraction of sp³-hybridized carbons (Fsp3) is 0.360. The molecule has 1 fully saturated rings. The van der Waals surface area contributed by atoms with Gasteiger partial charge in [0.1, 0.15) is 11.5 Å². The number of methoxy groups -OCH3 is 1. The second-order valence-corrected chi connectivity index (χ2v) is 7.86. The molecule has 4 rings (SSSR count). The lowest BCUT2D eigenvalue weighted by atomic mass is 9.95. The number of hydrogen-bond donors (Lipinski definition) is 1. The smallest absolute Gasteiger partial charge is 0.295 e. The number of amides is 1. The molecule has 2 aromatic carbocycles. The molecule has 0 saturated carbocycles. The fourth-order valence-electron chi connectivity index (χ4n) is 4.23. The highest BCUT2D eigenvalue weighted by Gasteiger charge is 2.46. The quantitative estimate of drug-likeness (QED) is 0.374. The molecule has 2 heterocycles. The minimum Gasteiger partial charge on any atom is -0.507 e. The molecule has 2 aliphatic heterocycles. The van der Waals surface area contributed by atoms with E-state index in [1.807, 2.05) is 12.1 Å². The van der Waals surface area contributed by atoms with E-state index >= 15 is 0 Å². The number of hydrogen-bond acceptors (Lipinski definition) is 7. The average Bonchev–Trinajstić information content (AvgIpc) is 3.41. The van der Waals surface area contributed by atoms with Crippen LogP contribution in [0.15, 0.2) is 48.0 Å². The van der Waals surface area contributed by atoms with Gasteiger partial charge in [0.05, 0.1) is 18.7 Å². The number of benzene rings is 2. The maximum absolute atomic E-state index is 13.2. The first-order valence-electron chi connectivity index (χ1n) is 11.0. The van der Waals surface area contributed by atoms with Gasteiger partial charge < -0.3 is 29.1 Å². The second-order valence-electron chi connectivity index (χ2n) is 7.86. The van der Waals surface area contributed by atoms with E-state index in [9.17, 15) is 14.7 Å². The van der Waals surface area contributed by atoms with Gasteiger partial charge in [0, 0.05) is 18.7 Å². The normalized spacial score (nSPS) is 18.9. The van der Waals surface area contributed by atoms with Gasteiger partial charge in [0.2, 0.25) is 6.79 Å². The molecule has 1 atom stereocenters. The molecule has 1 amide bonds. The first-order chi connectivity index (χ1) is 16.0. The fourth-order valence-corrected chi connectivity index (χ4v) is 4.23. The standard InChI is InChI=1S/C25H28N2O6/c1-4-26(5-2)12-13-27-22(16-6-9-18(31-3)10-7-16)21(24(29)25(27)30)23(28)17-8-11-19-20(14-17)33-15-32-19/h6-11,14,22,28H,4-5,12-13,15H2,1-3H3/b23-21+. The van der Waals surface area contributed by atoms with Crippen LogP contribution in [0, 0.1) is 0 Å². The summed E-state index contributed by atoms with van der Waals surface area (Å²) in [5.41, 5.74) is 1.17. The van der Waals surface area contributed by atoms with Crippen LogP contribution in [0.25, 0.3) is 5.76 Å². The molecule has 0 bridgehead atoms. The van der Waals surface area contributed by atoms with Crippen molar-refractivity contribution in [2.45, 2.75) is 19.9 Å². The molecule has 0 spiro atoms. The van der Waals surface area contributed by atoms with Crippen molar-refractivity contribution >= 4 is 17.4 Å². The van der Waals surface area contributed by atoms with E-state index in [0.29, 0.717) is 35.9 Å². The lowest BCUT2D eigenvalue weighted by Crippen LogP contribution is -2.38. The molecule has 0 radical (unpaired) electrons. The maximum Gasteiger partial charge on any atom is 0.295 e. The number of Topliss-reactive ketones (excluding diaryl/α,β-unsaturated/α-hetero) is 1. The van der Waals surface area contributed by atoms with Gasteiger partial charge in [0.25, 0.3) is 11.7 Å². The third-order valence-corrected chi connectivity index (χ3v) is 6.17. The Bertz CT molecular complexity index is 1070. The number of ether oxygens (including phenoxy) is 3. The summed E-state index contributed by atoms with van der Waals surface area (Å²) in [7, 11) is 1.57. The minimum atomic E-state index is -0.711. The van der Waals surface area contributed by atoms with Gasteiger partial charge in [-0.3, -0.25) is 9.59 Å².